The van der Waals surface area contributed by atoms with Crippen molar-refractivity contribution in [2.45, 2.75) is 29.2 Å². The minimum Gasteiger partial charge on any atom is -0.306 e. The Morgan fingerprint density at radius 1 is 0.947 bits per heavy atom. The van der Waals surface area contributed by atoms with Crippen molar-refractivity contribution in [1.82, 2.24) is 4.90 Å². The van der Waals surface area contributed by atoms with Gasteiger partial charge in [0.1, 0.15) is 0 Å². The fourth-order valence-electron chi connectivity index (χ4n) is 1.89. The second-order valence-corrected chi connectivity index (χ2v) is 6.15. The van der Waals surface area contributed by atoms with Gasteiger partial charge in [-0.2, -0.15) is 0 Å². The fraction of sp³-hybridized carbons (Fsp3) is 0.294. The van der Waals surface area contributed by atoms with Crippen LogP contribution in [0.3, 0.4) is 0 Å². The third-order valence-corrected chi connectivity index (χ3v) is 4.47. The molecule has 1 atom stereocenters. The first-order chi connectivity index (χ1) is 9.16. The van der Waals surface area contributed by atoms with Gasteiger partial charge in [-0.25, -0.2) is 0 Å². The summed E-state index contributed by atoms with van der Waals surface area (Å²) in [6.45, 7) is 2.27. The first-order valence-corrected chi connectivity index (χ1v) is 7.45. The lowest BCUT2D eigenvalue weighted by atomic mass is 10.1. The summed E-state index contributed by atoms with van der Waals surface area (Å²) in [6, 6.07) is 19.8. The molecule has 2 rings (SSSR count). The van der Waals surface area contributed by atoms with Gasteiger partial charge in [0.2, 0.25) is 0 Å². The van der Waals surface area contributed by atoms with Crippen molar-refractivity contribution in [3.8, 4) is 0 Å². The second kappa shape index (κ2) is 6.78. The van der Waals surface area contributed by atoms with E-state index in [1.54, 1.807) is 0 Å². The molecule has 100 valence electrons. The Morgan fingerprint density at radius 2 is 1.58 bits per heavy atom. The quantitative estimate of drug-likeness (QED) is 0.796. The normalized spacial score (nSPS) is 12.6. The molecule has 0 fully saturated rings. The predicted octanol–water partition coefficient (Wildman–Crippen LogP) is 4.33. The maximum atomic E-state index is 2.27. The molecule has 19 heavy (non-hydrogen) atoms. The Kier molecular flexibility index (Phi) is 5.06. The summed E-state index contributed by atoms with van der Waals surface area (Å²) < 4.78 is 0. The first-order valence-electron chi connectivity index (χ1n) is 6.64. The number of likely N-dealkylation sites (N-methyl/N-ethyl adjacent to an activating group) is 1. The lowest BCUT2D eigenvalue weighted by Crippen LogP contribution is -2.26. The maximum absolute atomic E-state index is 2.27. The number of rotatable bonds is 5. The molecule has 0 unspecified atom stereocenters. The molecule has 0 aliphatic heterocycles. The summed E-state index contributed by atoms with van der Waals surface area (Å²) in [7, 11) is 4.27. The van der Waals surface area contributed by atoms with Crippen LogP contribution in [0.5, 0.6) is 0 Å². The highest BCUT2D eigenvalue weighted by atomic mass is 32.2. The number of hydrogen-bond donors (Lipinski definition) is 0. The molecule has 0 amide bonds. The van der Waals surface area contributed by atoms with E-state index in [1.807, 2.05) is 11.8 Å². The molecule has 0 aliphatic rings. The highest BCUT2D eigenvalue weighted by Crippen LogP contribution is 2.30. The van der Waals surface area contributed by atoms with Crippen LogP contribution in [0, 0.1) is 0 Å². The fourth-order valence-corrected chi connectivity index (χ4v) is 2.86. The summed E-state index contributed by atoms with van der Waals surface area (Å²) in [5, 5.41) is 0. The molecule has 0 heterocycles. The van der Waals surface area contributed by atoms with Gasteiger partial charge in [0.05, 0.1) is 0 Å². The molecule has 0 aromatic heterocycles. The highest BCUT2D eigenvalue weighted by molar-refractivity contribution is 7.99. The summed E-state index contributed by atoms with van der Waals surface area (Å²) in [4.78, 5) is 4.93. The van der Waals surface area contributed by atoms with E-state index in [4.69, 9.17) is 0 Å². The van der Waals surface area contributed by atoms with Crippen molar-refractivity contribution in [3.63, 3.8) is 0 Å². The van der Waals surface area contributed by atoms with E-state index in [1.165, 1.54) is 15.4 Å². The van der Waals surface area contributed by atoms with Crippen LogP contribution in [0.2, 0.25) is 0 Å². The van der Waals surface area contributed by atoms with Crippen LogP contribution in [0.4, 0.5) is 0 Å². The first kappa shape index (κ1) is 14.2. The Hall–Kier alpha value is -1.25. The topological polar surface area (TPSA) is 3.24 Å². The smallest absolute Gasteiger partial charge is 0.0154 e. The van der Waals surface area contributed by atoms with Crippen molar-refractivity contribution >= 4 is 11.8 Å². The van der Waals surface area contributed by atoms with Crippen LogP contribution in [0.1, 0.15) is 12.5 Å². The third-order valence-electron chi connectivity index (χ3n) is 3.34. The molecule has 0 aliphatic carbocycles. The summed E-state index contributed by atoms with van der Waals surface area (Å²) >= 11 is 1.85. The van der Waals surface area contributed by atoms with E-state index >= 15 is 0 Å². The molecule has 0 bridgehead atoms. The molecule has 0 N–H and O–H groups in total. The van der Waals surface area contributed by atoms with Crippen LogP contribution < -0.4 is 0 Å². The van der Waals surface area contributed by atoms with Gasteiger partial charge in [-0.15, -0.1) is 0 Å². The summed E-state index contributed by atoms with van der Waals surface area (Å²) in [5.41, 5.74) is 1.43. The average molecular weight is 271 g/mol. The number of hydrogen-bond acceptors (Lipinski definition) is 2. The highest BCUT2D eigenvalue weighted by Gasteiger charge is 2.09. The molecular weight excluding hydrogens is 250 g/mol. The standard InChI is InChI=1S/C17H21NS/c1-14(18(2)3)13-15-9-7-8-12-17(15)19-16-10-5-4-6-11-16/h4-12,14H,13H2,1-3H3/t14-/m0/s1. The van der Waals surface area contributed by atoms with Crippen LogP contribution in [0.25, 0.3) is 0 Å². The van der Waals surface area contributed by atoms with Gasteiger partial charge in [-0.3, -0.25) is 0 Å². The van der Waals surface area contributed by atoms with Gasteiger partial charge in [0.15, 0.2) is 0 Å². The Balaban J connectivity index is 2.17. The molecule has 0 spiro atoms. The summed E-state index contributed by atoms with van der Waals surface area (Å²) in [6.07, 6.45) is 1.09. The zero-order chi connectivity index (χ0) is 13.7. The van der Waals surface area contributed by atoms with E-state index in [2.05, 4.69) is 80.5 Å². The number of nitrogens with zero attached hydrogens (tertiary/aromatic N) is 1. The van der Waals surface area contributed by atoms with Gasteiger partial charge in [-0.05, 0) is 51.2 Å². The van der Waals surface area contributed by atoms with Crippen molar-refractivity contribution in [1.29, 1.82) is 0 Å². The number of benzene rings is 2. The largest absolute Gasteiger partial charge is 0.306 e. The van der Waals surface area contributed by atoms with Crippen LogP contribution in [-0.2, 0) is 6.42 Å². The van der Waals surface area contributed by atoms with E-state index in [0.29, 0.717) is 6.04 Å². The molecule has 2 heteroatoms. The van der Waals surface area contributed by atoms with Crippen LogP contribution in [0.15, 0.2) is 64.4 Å². The lowest BCUT2D eigenvalue weighted by molar-refractivity contribution is 0.311. The van der Waals surface area contributed by atoms with Crippen LogP contribution >= 0.6 is 11.8 Å². The predicted molar refractivity (Wildman–Crippen MR) is 83.9 cm³/mol. The van der Waals surface area contributed by atoms with Crippen molar-refractivity contribution in [2.75, 3.05) is 14.1 Å². The maximum Gasteiger partial charge on any atom is 0.0154 e. The Labute approximate surface area is 120 Å². The Bertz CT molecular complexity index is 508. The third kappa shape index (κ3) is 4.12. The average Bonchev–Trinajstić information content (AvgIpc) is 2.42. The van der Waals surface area contributed by atoms with E-state index in [0.717, 1.165) is 6.42 Å². The van der Waals surface area contributed by atoms with E-state index in [9.17, 15) is 0 Å². The molecule has 0 saturated carbocycles. The second-order valence-electron chi connectivity index (χ2n) is 5.04. The molecular formula is C17H21NS. The Morgan fingerprint density at radius 3 is 2.26 bits per heavy atom. The minimum absolute atomic E-state index is 0.553. The van der Waals surface area contributed by atoms with E-state index in [-0.39, 0.29) is 0 Å². The van der Waals surface area contributed by atoms with Gasteiger partial charge in [0.25, 0.3) is 0 Å². The van der Waals surface area contributed by atoms with Crippen molar-refractivity contribution in [3.05, 3.63) is 60.2 Å². The van der Waals surface area contributed by atoms with Crippen molar-refractivity contribution < 1.29 is 0 Å². The zero-order valence-corrected chi connectivity index (χ0v) is 12.7. The molecule has 1 nitrogen and oxygen atoms in total. The van der Waals surface area contributed by atoms with Crippen molar-refractivity contribution in [2.24, 2.45) is 0 Å². The zero-order valence-electron chi connectivity index (χ0n) is 11.8. The SMILES string of the molecule is C[C@@H](Cc1ccccc1Sc1ccccc1)N(C)C. The minimum atomic E-state index is 0.553. The molecule has 0 saturated heterocycles. The van der Waals surface area contributed by atoms with Gasteiger partial charge < -0.3 is 4.90 Å². The molecule has 2 aromatic rings. The van der Waals surface area contributed by atoms with Gasteiger partial charge >= 0.3 is 0 Å². The summed E-state index contributed by atoms with van der Waals surface area (Å²) in [5.74, 6) is 0. The van der Waals surface area contributed by atoms with Crippen LogP contribution in [-0.4, -0.2) is 25.0 Å². The van der Waals surface area contributed by atoms with E-state index < -0.39 is 0 Å². The van der Waals surface area contributed by atoms with Gasteiger partial charge in [-0.1, -0.05) is 48.2 Å². The molecule has 0 radical (unpaired) electrons. The monoisotopic (exact) mass is 271 g/mol. The molecule has 2 aromatic carbocycles. The van der Waals surface area contributed by atoms with Gasteiger partial charge in [0, 0.05) is 15.8 Å². The lowest BCUT2D eigenvalue weighted by Gasteiger charge is -2.21.